The van der Waals surface area contributed by atoms with Crippen LogP contribution in [0.15, 0.2) is 36.5 Å². The first kappa shape index (κ1) is 10.4. The van der Waals surface area contributed by atoms with Crippen molar-refractivity contribution in [3.8, 4) is 22.8 Å². The Hall–Kier alpha value is -2.10. The summed E-state index contributed by atoms with van der Waals surface area (Å²) in [6, 6.07) is 7.28. The van der Waals surface area contributed by atoms with Crippen LogP contribution in [0.2, 0.25) is 0 Å². The Morgan fingerprint density at radius 2 is 2.00 bits per heavy atom. The van der Waals surface area contributed by atoms with Crippen LogP contribution in [0.5, 0.6) is 11.6 Å². The minimum atomic E-state index is -0.481. The van der Waals surface area contributed by atoms with Crippen LogP contribution >= 0.6 is 0 Å². The van der Waals surface area contributed by atoms with Crippen molar-refractivity contribution in [2.45, 2.75) is 0 Å². The van der Waals surface area contributed by atoms with Crippen LogP contribution < -0.4 is 4.74 Å². The summed E-state index contributed by atoms with van der Waals surface area (Å²) in [5, 5.41) is 9.29. The second kappa shape index (κ2) is 4.18. The van der Waals surface area contributed by atoms with Gasteiger partial charge in [0.25, 0.3) is 0 Å². The summed E-state index contributed by atoms with van der Waals surface area (Å²) in [7, 11) is 1.51. The number of phenolic OH excluding ortho intramolecular Hbond substituents is 1. The average Bonchev–Trinajstić information content (AvgIpc) is 2.28. The van der Waals surface area contributed by atoms with E-state index in [-0.39, 0.29) is 5.75 Å². The molecular formula is C12H10FNO2. The standard InChI is InChI=1S/C12H10FNO2/c1-16-12-6-8(2-3-14-12)9-4-10(13)7-11(15)5-9/h2-7,15H,1H3. The largest absolute Gasteiger partial charge is 0.508 e. The molecule has 4 heteroatoms. The molecule has 0 fully saturated rings. The molecule has 0 aliphatic heterocycles. The van der Waals surface area contributed by atoms with E-state index in [2.05, 4.69) is 4.98 Å². The number of aromatic nitrogens is 1. The van der Waals surface area contributed by atoms with E-state index >= 15 is 0 Å². The van der Waals surface area contributed by atoms with Crippen molar-refractivity contribution in [1.29, 1.82) is 0 Å². The minimum absolute atomic E-state index is 0.106. The fraction of sp³-hybridized carbons (Fsp3) is 0.0833. The molecule has 0 unspecified atom stereocenters. The summed E-state index contributed by atoms with van der Waals surface area (Å²) in [6.45, 7) is 0. The third-order valence-corrected chi connectivity index (χ3v) is 2.16. The van der Waals surface area contributed by atoms with Crippen molar-refractivity contribution >= 4 is 0 Å². The van der Waals surface area contributed by atoms with Crippen molar-refractivity contribution in [1.82, 2.24) is 4.98 Å². The second-order valence-corrected chi connectivity index (χ2v) is 3.28. The monoisotopic (exact) mass is 219 g/mol. The maximum atomic E-state index is 13.1. The lowest BCUT2D eigenvalue weighted by Crippen LogP contribution is -1.88. The van der Waals surface area contributed by atoms with E-state index in [1.165, 1.54) is 19.2 Å². The van der Waals surface area contributed by atoms with Crippen molar-refractivity contribution in [3.05, 3.63) is 42.3 Å². The average molecular weight is 219 g/mol. The van der Waals surface area contributed by atoms with E-state index in [0.717, 1.165) is 11.6 Å². The van der Waals surface area contributed by atoms with Gasteiger partial charge in [0.05, 0.1) is 7.11 Å². The van der Waals surface area contributed by atoms with Gasteiger partial charge in [-0.25, -0.2) is 9.37 Å². The number of aromatic hydroxyl groups is 1. The Labute approximate surface area is 92.1 Å². The molecule has 0 atom stereocenters. The Morgan fingerprint density at radius 1 is 1.19 bits per heavy atom. The molecule has 1 aromatic carbocycles. The molecule has 0 saturated carbocycles. The molecule has 1 aromatic heterocycles. The highest BCUT2D eigenvalue weighted by molar-refractivity contribution is 5.65. The number of methoxy groups -OCH3 is 1. The van der Waals surface area contributed by atoms with Crippen LogP contribution in [0, 0.1) is 5.82 Å². The molecule has 0 saturated heterocycles. The van der Waals surface area contributed by atoms with E-state index < -0.39 is 5.82 Å². The van der Waals surface area contributed by atoms with Gasteiger partial charge < -0.3 is 9.84 Å². The van der Waals surface area contributed by atoms with Crippen LogP contribution in [0.3, 0.4) is 0 Å². The van der Waals surface area contributed by atoms with E-state index in [1.807, 2.05) is 0 Å². The molecule has 2 rings (SSSR count). The lowest BCUT2D eigenvalue weighted by Gasteiger charge is -2.04. The molecule has 2 aromatic rings. The van der Waals surface area contributed by atoms with Gasteiger partial charge in [-0.2, -0.15) is 0 Å². The lowest BCUT2D eigenvalue weighted by atomic mass is 10.1. The highest BCUT2D eigenvalue weighted by Gasteiger charge is 2.04. The molecule has 1 N–H and O–H groups in total. The normalized spacial score (nSPS) is 10.1. The summed E-state index contributed by atoms with van der Waals surface area (Å²) in [5.41, 5.74) is 1.32. The molecule has 0 amide bonds. The molecule has 1 heterocycles. The number of benzene rings is 1. The number of hydrogen-bond donors (Lipinski definition) is 1. The van der Waals surface area contributed by atoms with Crippen LogP contribution in [-0.4, -0.2) is 17.2 Å². The van der Waals surface area contributed by atoms with E-state index in [0.29, 0.717) is 11.4 Å². The topological polar surface area (TPSA) is 42.4 Å². The lowest BCUT2D eigenvalue weighted by molar-refractivity contribution is 0.398. The first-order valence-corrected chi connectivity index (χ1v) is 4.69. The summed E-state index contributed by atoms with van der Waals surface area (Å²) < 4.78 is 18.1. The van der Waals surface area contributed by atoms with E-state index in [1.54, 1.807) is 18.3 Å². The van der Waals surface area contributed by atoms with Gasteiger partial charge in [-0.1, -0.05) is 0 Å². The van der Waals surface area contributed by atoms with Crippen molar-refractivity contribution in [3.63, 3.8) is 0 Å². The fourth-order valence-electron chi connectivity index (χ4n) is 1.44. The molecule has 0 radical (unpaired) electrons. The van der Waals surface area contributed by atoms with Crippen LogP contribution in [0.4, 0.5) is 4.39 Å². The summed E-state index contributed by atoms with van der Waals surface area (Å²) >= 11 is 0. The zero-order chi connectivity index (χ0) is 11.5. The van der Waals surface area contributed by atoms with Gasteiger partial charge in [-0.05, 0) is 29.3 Å². The van der Waals surface area contributed by atoms with E-state index in [4.69, 9.17) is 4.74 Å². The molecule has 0 aliphatic rings. The third-order valence-electron chi connectivity index (χ3n) is 2.16. The number of pyridine rings is 1. The molecule has 3 nitrogen and oxygen atoms in total. The number of hydrogen-bond acceptors (Lipinski definition) is 3. The smallest absolute Gasteiger partial charge is 0.213 e. The Balaban J connectivity index is 2.49. The van der Waals surface area contributed by atoms with Crippen LogP contribution in [0.25, 0.3) is 11.1 Å². The maximum Gasteiger partial charge on any atom is 0.213 e. The number of halogens is 1. The van der Waals surface area contributed by atoms with Crippen molar-refractivity contribution < 1.29 is 14.2 Å². The molecule has 16 heavy (non-hydrogen) atoms. The maximum absolute atomic E-state index is 13.1. The Morgan fingerprint density at radius 3 is 2.69 bits per heavy atom. The summed E-state index contributed by atoms with van der Waals surface area (Å²) in [6.07, 6.45) is 1.57. The van der Waals surface area contributed by atoms with Gasteiger partial charge in [-0.3, -0.25) is 0 Å². The number of nitrogens with zero attached hydrogens (tertiary/aromatic N) is 1. The number of phenols is 1. The highest BCUT2D eigenvalue weighted by atomic mass is 19.1. The van der Waals surface area contributed by atoms with Crippen molar-refractivity contribution in [2.24, 2.45) is 0 Å². The molecule has 0 spiro atoms. The quantitative estimate of drug-likeness (QED) is 0.844. The second-order valence-electron chi connectivity index (χ2n) is 3.28. The number of rotatable bonds is 2. The SMILES string of the molecule is COc1cc(-c2cc(O)cc(F)c2)ccn1. The van der Waals surface area contributed by atoms with Gasteiger partial charge >= 0.3 is 0 Å². The van der Waals surface area contributed by atoms with Gasteiger partial charge in [0.15, 0.2) is 0 Å². The summed E-state index contributed by atoms with van der Waals surface area (Å²) in [5.74, 6) is -0.141. The first-order valence-electron chi connectivity index (χ1n) is 4.69. The highest BCUT2D eigenvalue weighted by Crippen LogP contribution is 2.26. The van der Waals surface area contributed by atoms with Crippen LogP contribution in [0.1, 0.15) is 0 Å². The predicted octanol–water partition coefficient (Wildman–Crippen LogP) is 2.60. The Bertz CT molecular complexity index is 494. The fourth-order valence-corrected chi connectivity index (χ4v) is 1.44. The predicted molar refractivity (Wildman–Crippen MR) is 57.8 cm³/mol. The van der Waals surface area contributed by atoms with Gasteiger partial charge in [-0.15, -0.1) is 0 Å². The molecule has 0 bridgehead atoms. The Kier molecular flexibility index (Phi) is 2.72. The number of ether oxygens (including phenoxy) is 1. The van der Waals surface area contributed by atoms with Gasteiger partial charge in [0.2, 0.25) is 5.88 Å². The molecule has 82 valence electrons. The molecular weight excluding hydrogens is 209 g/mol. The zero-order valence-corrected chi connectivity index (χ0v) is 8.64. The summed E-state index contributed by atoms with van der Waals surface area (Å²) in [4.78, 5) is 3.95. The zero-order valence-electron chi connectivity index (χ0n) is 8.64. The van der Waals surface area contributed by atoms with Crippen LogP contribution in [-0.2, 0) is 0 Å². The van der Waals surface area contributed by atoms with Crippen molar-refractivity contribution in [2.75, 3.05) is 7.11 Å². The minimum Gasteiger partial charge on any atom is -0.508 e. The first-order chi connectivity index (χ1) is 7.69. The van der Waals surface area contributed by atoms with Gasteiger partial charge in [0, 0.05) is 18.3 Å². The molecule has 0 aliphatic carbocycles. The van der Waals surface area contributed by atoms with Gasteiger partial charge in [0.1, 0.15) is 11.6 Å². The third kappa shape index (κ3) is 2.11. The van der Waals surface area contributed by atoms with E-state index in [9.17, 15) is 9.50 Å².